The summed E-state index contributed by atoms with van der Waals surface area (Å²) >= 11 is 0. The van der Waals surface area contributed by atoms with Crippen molar-refractivity contribution in [3.63, 3.8) is 0 Å². The molecule has 2 aliphatic rings. The first kappa shape index (κ1) is 11.5. The van der Waals surface area contributed by atoms with Crippen molar-refractivity contribution in [1.82, 2.24) is 4.90 Å². The molecule has 1 spiro atoms. The Balaban J connectivity index is 1.94. The van der Waals surface area contributed by atoms with Gasteiger partial charge in [0.05, 0.1) is 5.69 Å². The minimum absolute atomic E-state index is 0.0859. The Morgan fingerprint density at radius 1 is 1.28 bits per heavy atom. The third-order valence-corrected chi connectivity index (χ3v) is 4.46. The first-order valence-electron chi connectivity index (χ1n) is 6.54. The van der Waals surface area contributed by atoms with E-state index in [0.29, 0.717) is 0 Å². The molecule has 3 heteroatoms. The van der Waals surface area contributed by atoms with Gasteiger partial charge in [-0.3, -0.25) is 9.79 Å². The fourth-order valence-corrected chi connectivity index (χ4v) is 3.29. The van der Waals surface area contributed by atoms with Crippen LogP contribution >= 0.6 is 0 Å². The van der Waals surface area contributed by atoms with Gasteiger partial charge in [0.15, 0.2) is 0 Å². The fraction of sp³-hybridized carbons (Fsp3) is 0.467. The zero-order chi connectivity index (χ0) is 12.8. The first-order chi connectivity index (χ1) is 8.63. The number of para-hydroxylation sites is 1. The van der Waals surface area contributed by atoms with Gasteiger partial charge in [-0.1, -0.05) is 18.2 Å². The minimum Gasteiger partial charge on any atom is -0.343 e. The van der Waals surface area contributed by atoms with E-state index in [9.17, 15) is 4.79 Å². The monoisotopic (exact) mass is 242 g/mol. The Labute approximate surface area is 108 Å². The Morgan fingerprint density at radius 2 is 1.94 bits per heavy atom. The maximum atomic E-state index is 11.4. The summed E-state index contributed by atoms with van der Waals surface area (Å²) in [5.41, 5.74) is 3.77. The highest BCUT2D eigenvalue weighted by molar-refractivity contribution is 6.00. The number of carbonyl (C=O) groups is 1. The molecular weight excluding hydrogens is 224 g/mol. The minimum atomic E-state index is 0.0859. The third kappa shape index (κ3) is 1.50. The number of nitrogens with zero attached hydrogens (tertiary/aromatic N) is 2. The highest BCUT2D eigenvalue weighted by Crippen LogP contribution is 2.46. The van der Waals surface area contributed by atoms with Crippen LogP contribution in [0.5, 0.6) is 0 Å². The van der Waals surface area contributed by atoms with Crippen molar-refractivity contribution in [3.05, 3.63) is 29.8 Å². The molecule has 0 bridgehead atoms. The van der Waals surface area contributed by atoms with Crippen LogP contribution < -0.4 is 0 Å². The number of benzene rings is 1. The van der Waals surface area contributed by atoms with Crippen LogP contribution in [0.15, 0.2) is 29.3 Å². The van der Waals surface area contributed by atoms with Crippen LogP contribution in [0.1, 0.15) is 32.3 Å². The van der Waals surface area contributed by atoms with E-state index in [4.69, 9.17) is 4.99 Å². The molecule has 18 heavy (non-hydrogen) atoms. The van der Waals surface area contributed by atoms with E-state index < -0.39 is 0 Å². The first-order valence-corrected chi connectivity index (χ1v) is 6.54. The molecule has 0 aromatic heterocycles. The molecule has 0 saturated carbocycles. The van der Waals surface area contributed by atoms with Crippen molar-refractivity contribution < 1.29 is 4.79 Å². The molecule has 1 aromatic rings. The van der Waals surface area contributed by atoms with Crippen molar-refractivity contribution in [2.45, 2.75) is 32.1 Å². The summed E-state index contributed by atoms with van der Waals surface area (Å²) < 4.78 is 0. The molecule has 0 aliphatic carbocycles. The van der Waals surface area contributed by atoms with Crippen molar-refractivity contribution >= 4 is 17.3 Å². The number of fused-ring (bicyclic) bond motifs is 2. The summed E-state index contributed by atoms with van der Waals surface area (Å²) in [6.45, 7) is 5.47. The van der Waals surface area contributed by atoms with Gasteiger partial charge in [-0.25, -0.2) is 0 Å². The van der Waals surface area contributed by atoms with E-state index in [1.165, 1.54) is 11.3 Å². The SMILES string of the molecule is CC(=O)N1CCC2(CC1)C(C)=Nc1ccccc12. The molecule has 2 heterocycles. The summed E-state index contributed by atoms with van der Waals surface area (Å²) in [6, 6.07) is 8.41. The Morgan fingerprint density at radius 3 is 2.61 bits per heavy atom. The lowest BCUT2D eigenvalue weighted by atomic mass is 9.71. The molecule has 0 radical (unpaired) electrons. The lowest BCUT2D eigenvalue weighted by Crippen LogP contribution is -2.46. The van der Waals surface area contributed by atoms with Gasteiger partial charge in [0.25, 0.3) is 0 Å². The van der Waals surface area contributed by atoms with E-state index >= 15 is 0 Å². The molecule has 0 atom stereocenters. The average Bonchev–Trinajstić information content (AvgIpc) is 2.64. The van der Waals surface area contributed by atoms with Gasteiger partial charge < -0.3 is 4.90 Å². The molecule has 1 fully saturated rings. The van der Waals surface area contributed by atoms with Gasteiger partial charge in [0.2, 0.25) is 5.91 Å². The zero-order valence-corrected chi connectivity index (χ0v) is 10.9. The predicted molar refractivity (Wildman–Crippen MR) is 72.4 cm³/mol. The molecule has 1 aromatic carbocycles. The van der Waals surface area contributed by atoms with E-state index in [1.807, 2.05) is 11.0 Å². The molecular formula is C15H18N2O. The number of carbonyl (C=O) groups excluding carboxylic acids is 1. The van der Waals surface area contributed by atoms with Crippen LogP contribution in [0, 0.1) is 0 Å². The van der Waals surface area contributed by atoms with Crippen LogP contribution in [0.25, 0.3) is 0 Å². The van der Waals surface area contributed by atoms with Crippen molar-refractivity contribution in [2.24, 2.45) is 4.99 Å². The predicted octanol–water partition coefficient (Wildman–Crippen LogP) is 2.67. The second-order valence-corrected chi connectivity index (χ2v) is 5.30. The summed E-state index contributed by atoms with van der Waals surface area (Å²) in [5, 5.41) is 0. The van der Waals surface area contributed by atoms with Gasteiger partial charge in [-0.2, -0.15) is 0 Å². The van der Waals surface area contributed by atoms with E-state index in [1.54, 1.807) is 6.92 Å². The number of likely N-dealkylation sites (tertiary alicyclic amines) is 1. The summed E-state index contributed by atoms with van der Waals surface area (Å²) in [6.07, 6.45) is 2.00. The quantitative estimate of drug-likeness (QED) is 0.688. The van der Waals surface area contributed by atoms with E-state index in [-0.39, 0.29) is 11.3 Å². The number of rotatable bonds is 0. The van der Waals surface area contributed by atoms with E-state index in [0.717, 1.165) is 31.6 Å². The normalized spacial score (nSPS) is 20.8. The summed E-state index contributed by atoms with van der Waals surface area (Å²) in [4.78, 5) is 18.1. The standard InChI is InChI=1S/C15H18N2O/c1-11-15(7-9-17(10-8-15)12(2)18)13-5-3-4-6-14(13)16-11/h3-6H,7-10H2,1-2H3. The number of piperidine rings is 1. The molecule has 3 rings (SSSR count). The topological polar surface area (TPSA) is 32.7 Å². The Hall–Kier alpha value is -1.64. The molecule has 2 aliphatic heterocycles. The maximum absolute atomic E-state index is 11.4. The number of hydrogen-bond acceptors (Lipinski definition) is 2. The number of hydrogen-bond donors (Lipinski definition) is 0. The third-order valence-electron chi connectivity index (χ3n) is 4.46. The second kappa shape index (κ2) is 3.94. The smallest absolute Gasteiger partial charge is 0.219 e. The maximum Gasteiger partial charge on any atom is 0.219 e. The number of aliphatic imine (C=N–C) groups is 1. The second-order valence-electron chi connectivity index (χ2n) is 5.30. The van der Waals surface area contributed by atoms with Gasteiger partial charge >= 0.3 is 0 Å². The zero-order valence-electron chi connectivity index (χ0n) is 10.9. The fourth-order valence-electron chi connectivity index (χ4n) is 3.29. The van der Waals surface area contributed by atoms with Gasteiger partial charge in [-0.15, -0.1) is 0 Å². The lowest BCUT2D eigenvalue weighted by Gasteiger charge is -2.40. The highest BCUT2D eigenvalue weighted by atomic mass is 16.2. The summed E-state index contributed by atoms with van der Waals surface area (Å²) in [5.74, 6) is 0.186. The van der Waals surface area contributed by atoms with Crippen LogP contribution in [0.2, 0.25) is 0 Å². The van der Waals surface area contributed by atoms with Crippen LogP contribution in [-0.4, -0.2) is 29.6 Å². The average molecular weight is 242 g/mol. The molecule has 0 N–H and O–H groups in total. The summed E-state index contributed by atoms with van der Waals surface area (Å²) in [7, 11) is 0. The van der Waals surface area contributed by atoms with Gasteiger partial charge in [-0.05, 0) is 31.4 Å². The highest BCUT2D eigenvalue weighted by Gasteiger charge is 2.43. The van der Waals surface area contributed by atoms with Crippen molar-refractivity contribution in [3.8, 4) is 0 Å². The van der Waals surface area contributed by atoms with Gasteiger partial charge in [0, 0.05) is 31.1 Å². The van der Waals surface area contributed by atoms with Crippen LogP contribution in [-0.2, 0) is 10.2 Å². The molecule has 1 amide bonds. The van der Waals surface area contributed by atoms with Crippen molar-refractivity contribution in [1.29, 1.82) is 0 Å². The Bertz CT molecular complexity index is 525. The lowest BCUT2D eigenvalue weighted by molar-refractivity contribution is -0.130. The van der Waals surface area contributed by atoms with Crippen LogP contribution in [0.4, 0.5) is 5.69 Å². The Kier molecular flexibility index (Phi) is 2.51. The van der Waals surface area contributed by atoms with Crippen LogP contribution in [0.3, 0.4) is 0 Å². The molecule has 0 unspecified atom stereocenters. The van der Waals surface area contributed by atoms with Crippen molar-refractivity contribution in [2.75, 3.05) is 13.1 Å². The molecule has 1 saturated heterocycles. The largest absolute Gasteiger partial charge is 0.343 e. The molecule has 94 valence electrons. The van der Waals surface area contributed by atoms with Gasteiger partial charge in [0.1, 0.15) is 0 Å². The van der Waals surface area contributed by atoms with E-state index in [2.05, 4.69) is 25.1 Å². The number of amides is 1. The molecule has 3 nitrogen and oxygen atoms in total.